The van der Waals surface area contributed by atoms with Gasteiger partial charge in [0.2, 0.25) is 0 Å². The Bertz CT molecular complexity index is 49.9. The summed E-state index contributed by atoms with van der Waals surface area (Å²) in [6.07, 6.45) is 1.14. The molecule has 2 atom stereocenters. The van der Waals surface area contributed by atoms with Gasteiger partial charge in [-0.15, -0.1) is 0 Å². The van der Waals surface area contributed by atoms with Crippen LogP contribution in [-0.2, 0) is 0 Å². The van der Waals surface area contributed by atoms with Crippen molar-refractivity contribution in [3.63, 3.8) is 0 Å². The van der Waals surface area contributed by atoms with E-state index in [1.165, 1.54) is 0 Å². The zero-order valence-corrected chi connectivity index (χ0v) is 3.72. The quantitative estimate of drug-likeness (QED) is 0.490. The molecule has 0 saturated heterocycles. The van der Waals surface area contributed by atoms with Crippen LogP contribution in [0, 0.1) is 18.8 Å². The van der Waals surface area contributed by atoms with E-state index in [9.17, 15) is 0 Å². The molecule has 0 aromatic heterocycles. The van der Waals surface area contributed by atoms with Crippen LogP contribution in [0.2, 0.25) is 0 Å². The van der Waals surface area contributed by atoms with Crippen molar-refractivity contribution < 1.29 is 5.11 Å². The molecule has 1 aliphatic rings. The van der Waals surface area contributed by atoms with Gasteiger partial charge >= 0.3 is 0 Å². The highest BCUT2D eigenvalue weighted by atomic mass is 16.3. The molecule has 1 heteroatoms. The predicted molar refractivity (Wildman–Crippen MR) is 24.0 cm³/mol. The summed E-state index contributed by atoms with van der Waals surface area (Å²) in [6, 6.07) is 0. The molecule has 0 aromatic rings. The van der Waals surface area contributed by atoms with Crippen molar-refractivity contribution in [2.24, 2.45) is 11.8 Å². The smallest absolute Gasteiger partial charge is 0.0462 e. The van der Waals surface area contributed by atoms with Crippen molar-refractivity contribution in [1.29, 1.82) is 0 Å². The summed E-state index contributed by atoms with van der Waals surface area (Å²) < 4.78 is 0. The van der Waals surface area contributed by atoms with Crippen molar-refractivity contribution in [2.45, 2.75) is 6.42 Å². The monoisotopic (exact) mass is 85.1 g/mol. The number of aliphatic hydroxyl groups is 1. The molecule has 1 nitrogen and oxygen atoms in total. The molecule has 1 fully saturated rings. The van der Waals surface area contributed by atoms with Gasteiger partial charge in [-0.2, -0.15) is 0 Å². The van der Waals surface area contributed by atoms with Crippen molar-refractivity contribution in [3.05, 3.63) is 6.92 Å². The average molecular weight is 85.1 g/mol. The van der Waals surface area contributed by atoms with Gasteiger partial charge in [-0.1, -0.05) is 0 Å². The minimum Gasteiger partial charge on any atom is -0.396 e. The summed E-state index contributed by atoms with van der Waals surface area (Å²) in [6.45, 7) is 4.08. The standard InChI is InChI=1S/C5H9O/c1-4-2-5(4)3-6/h4-6H,1-3H2. The fourth-order valence-electron chi connectivity index (χ4n) is 0.534. The Morgan fingerprint density at radius 2 is 2.33 bits per heavy atom. The Morgan fingerprint density at radius 1 is 1.83 bits per heavy atom. The first-order chi connectivity index (χ1) is 2.84. The van der Waals surface area contributed by atoms with E-state index in [1.54, 1.807) is 0 Å². The van der Waals surface area contributed by atoms with Gasteiger partial charge < -0.3 is 5.11 Å². The van der Waals surface area contributed by atoms with Crippen LogP contribution in [0.15, 0.2) is 0 Å². The van der Waals surface area contributed by atoms with E-state index in [0.717, 1.165) is 6.42 Å². The fraction of sp³-hybridized carbons (Fsp3) is 0.800. The normalized spacial score (nSPS) is 43.0. The Balaban J connectivity index is 2.09. The Kier molecular flexibility index (Phi) is 0.845. The SMILES string of the molecule is [CH2]C1CC1CO. The zero-order chi connectivity index (χ0) is 4.57. The van der Waals surface area contributed by atoms with Gasteiger partial charge in [0.25, 0.3) is 0 Å². The summed E-state index contributed by atoms with van der Waals surface area (Å²) >= 11 is 0. The lowest BCUT2D eigenvalue weighted by Crippen LogP contribution is -1.83. The molecule has 35 valence electrons. The van der Waals surface area contributed by atoms with E-state index in [0.29, 0.717) is 18.4 Å². The van der Waals surface area contributed by atoms with Gasteiger partial charge in [0.15, 0.2) is 0 Å². The molecule has 0 amide bonds. The van der Waals surface area contributed by atoms with Crippen LogP contribution in [0.25, 0.3) is 0 Å². The highest BCUT2D eigenvalue weighted by Crippen LogP contribution is 2.36. The summed E-state index contributed by atoms with van der Waals surface area (Å²) in [5, 5.41) is 8.34. The van der Waals surface area contributed by atoms with Crippen molar-refractivity contribution in [3.8, 4) is 0 Å². The highest BCUT2D eigenvalue weighted by molar-refractivity contribution is 4.86. The van der Waals surface area contributed by atoms with Crippen LogP contribution in [0.3, 0.4) is 0 Å². The molecule has 0 heterocycles. The molecular weight excluding hydrogens is 76.1 g/mol. The van der Waals surface area contributed by atoms with E-state index in [-0.39, 0.29) is 0 Å². The Labute approximate surface area is 38.0 Å². The third kappa shape index (κ3) is 0.548. The van der Waals surface area contributed by atoms with Gasteiger partial charge in [-0.05, 0) is 25.2 Å². The van der Waals surface area contributed by atoms with E-state index in [4.69, 9.17) is 5.11 Å². The molecule has 2 unspecified atom stereocenters. The fourth-order valence-corrected chi connectivity index (χ4v) is 0.534. The number of aliphatic hydroxyl groups excluding tert-OH is 1. The second-order valence-electron chi connectivity index (χ2n) is 1.94. The lowest BCUT2D eigenvalue weighted by atomic mass is 10.4. The van der Waals surface area contributed by atoms with Crippen LogP contribution in [0.1, 0.15) is 6.42 Å². The highest BCUT2D eigenvalue weighted by Gasteiger charge is 2.31. The number of rotatable bonds is 1. The van der Waals surface area contributed by atoms with E-state index >= 15 is 0 Å². The summed E-state index contributed by atoms with van der Waals surface area (Å²) in [4.78, 5) is 0. The Hall–Kier alpha value is -0.0400. The molecule has 1 aliphatic carbocycles. The van der Waals surface area contributed by atoms with Gasteiger partial charge in [0.05, 0.1) is 0 Å². The molecule has 1 N–H and O–H groups in total. The van der Waals surface area contributed by atoms with E-state index < -0.39 is 0 Å². The second-order valence-corrected chi connectivity index (χ2v) is 1.94. The van der Waals surface area contributed by atoms with Crippen LogP contribution in [-0.4, -0.2) is 11.7 Å². The van der Waals surface area contributed by atoms with Crippen LogP contribution < -0.4 is 0 Å². The first kappa shape index (κ1) is 4.13. The molecule has 6 heavy (non-hydrogen) atoms. The van der Waals surface area contributed by atoms with Crippen molar-refractivity contribution >= 4 is 0 Å². The summed E-state index contributed by atoms with van der Waals surface area (Å²) in [5.41, 5.74) is 0. The van der Waals surface area contributed by atoms with Crippen LogP contribution >= 0.6 is 0 Å². The maximum atomic E-state index is 8.34. The minimum absolute atomic E-state index is 0.341. The summed E-state index contributed by atoms with van der Waals surface area (Å²) in [5.74, 6) is 1.11. The minimum atomic E-state index is 0.341. The van der Waals surface area contributed by atoms with E-state index in [2.05, 4.69) is 6.92 Å². The molecule has 1 rings (SSSR count). The van der Waals surface area contributed by atoms with Crippen molar-refractivity contribution in [1.82, 2.24) is 0 Å². The lowest BCUT2D eigenvalue weighted by molar-refractivity contribution is 0.272. The molecule has 1 radical (unpaired) electrons. The Morgan fingerprint density at radius 3 is 2.33 bits per heavy atom. The zero-order valence-electron chi connectivity index (χ0n) is 3.72. The molecular formula is C5H9O. The largest absolute Gasteiger partial charge is 0.396 e. The number of hydrogen-bond donors (Lipinski definition) is 1. The van der Waals surface area contributed by atoms with E-state index in [1.807, 2.05) is 0 Å². The van der Waals surface area contributed by atoms with Gasteiger partial charge in [0.1, 0.15) is 0 Å². The predicted octanol–water partition coefficient (Wildman–Crippen LogP) is 0.449. The first-order valence-corrected chi connectivity index (χ1v) is 2.28. The molecule has 0 aromatic carbocycles. The maximum absolute atomic E-state index is 8.34. The van der Waals surface area contributed by atoms with Crippen LogP contribution in [0.5, 0.6) is 0 Å². The van der Waals surface area contributed by atoms with Gasteiger partial charge in [-0.25, -0.2) is 0 Å². The summed E-state index contributed by atoms with van der Waals surface area (Å²) in [7, 11) is 0. The molecule has 0 aliphatic heterocycles. The second kappa shape index (κ2) is 1.23. The molecule has 0 spiro atoms. The van der Waals surface area contributed by atoms with Crippen LogP contribution in [0.4, 0.5) is 0 Å². The molecule has 0 bridgehead atoms. The third-order valence-electron chi connectivity index (χ3n) is 1.30. The van der Waals surface area contributed by atoms with Gasteiger partial charge in [-0.3, -0.25) is 0 Å². The lowest BCUT2D eigenvalue weighted by Gasteiger charge is -1.79. The average Bonchev–Trinajstić information content (AvgIpc) is 2.19. The third-order valence-corrected chi connectivity index (χ3v) is 1.30. The first-order valence-electron chi connectivity index (χ1n) is 2.28. The van der Waals surface area contributed by atoms with Gasteiger partial charge in [0, 0.05) is 6.61 Å². The molecule has 1 saturated carbocycles. The maximum Gasteiger partial charge on any atom is 0.0462 e. The topological polar surface area (TPSA) is 20.2 Å². The number of hydrogen-bond acceptors (Lipinski definition) is 1. The van der Waals surface area contributed by atoms with Crippen molar-refractivity contribution in [2.75, 3.05) is 6.61 Å².